The number of nitrogens with two attached hydrogens (primary N) is 2. The van der Waals surface area contributed by atoms with Crippen molar-refractivity contribution in [1.82, 2.24) is 0 Å². The molecule has 1 heterocycles. The van der Waals surface area contributed by atoms with Crippen molar-refractivity contribution in [1.29, 1.82) is 0 Å². The highest BCUT2D eigenvalue weighted by molar-refractivity contribution is 5.96. The molecule has 1 aliphatic heterocycles. The van der Waals surface area contributed by atoms with Gasteiger partial charge < -0.3 is 16.4 Å². The zero-order valence-electron chi connectivity index (χ0n) is 12.6. The average Bonchev–Trinajstić information content (AvgIpc) is 3.01. The molecule has 2 aliphatic rings. The zero-order valence-corrected chi connectivity index (χ0v) is 12.6. The molecule has 1 saturated carbocycles. The summed E-state index contributed by atoms with van der Waals surface area (Å²) in [5, 5.41) is 0. The first-order chi connectivity index (χ1) is 10.2. The SMILES string of the molecule is NCc1ccc2c(c1)CCCN2C(=O)[C@@H]1CCC[C@@H]1CN. The van der Waals surface area contributed by atoms with Gasteiger partial charge in [-0.15, -0.1) is 0 Å². The summed E-state index contributed by atoms with van der Waals surface area (Å²) in [6, 6.07) is 6.27. The third-order valence-corrected chi connectivity index (χ3v) is 5.04. The summed E-state index contributed by atoms with van der Waals surface area (Å²) in [5.41, 5.74) is 15.1. The highest BCUT2D eigenvalue weighted by Crippen LogP contribution is 2.36. The number of rotatable bonds is 3. The van der Waals surface area contributed by atoms with E-state index >= 15 is 0 Å². The number of anilines is 1. The van der Waals surface area contributed by atoms with Gasteiger partial charge in [0.1, 0.15) is 0 Å². The maximum Gasteiger partial charge on any atom is 0.230 e. The monoisotopic (exact) mass is 287 g/mol. The molecule has 0 saturated heterocycles. The summed E-state index contributed by atoms with van der Waals surface area (Å²) in [5.74, 6) is 0.769. The van der Waals surface area contributed by atoms with E-state index in [1.165, 1.54) is 5.56 Å². The van der Waals surface area contributed by atoms with E-state index in [1.54, 1.807) is 0 Å². The molecule has 1 aliphatic carbocycles. The Bertz CT molecular complexity index is 529. The van der Waals surface area contributed by atoms with E-state index in [0.717, 1.165) is 49.9 Å². The number of hydrogen-bond acceptors (Lipinski definition) is 3. The largest absolute Gasteiger partial charge is 0.330 e. The smallest absolute Gasteiger partial charge is 0.230 e. The number of carbonyl (C=O) groups is 1. The van der Waals surface area contributed by atoms with Gasteiger partial charge in [-0.3, -0.25) is 4.79 Å². The first kappa shape index (κ1) is 14.5. The Hall–Kier alpha value is -1.39. The first-order valence-corrected chi connectivity index (χ1v) is 8.08. The van der Waals surface area contributed by atoms with E-state index in [1.807, 2.05) is 11.0 Å². The van der Waals surface area contributed by atoms with Crippen LogP contribution in [0.2, 0.25) is 0 Å². The Kier molecular flexibility index (Phi) is 4.27. The molecule has 1 amide bonds. The Labute approximate surface area is 126 Å². The Morgan fingerprint density at radius 1 is 1.24 bits per heavy atom. The molecule has 0 radical (unpaired) electrons. The molecule has 1 fully saturated rings. The molecule has 0 spiro atoms. The summed E-state index contributed by atoms with van der Waals surface area (Å²) >= 11 is 0. The molecule has 4 nitrogen and oxygen atoms in total. The van der Waals surface area contributed by atoms with E-state index in [4.69, 9.17) is 11.5 Å². The second kappa shape index (κ2) is 6.16. The molecular formula is C17H25N3O. The predicted octanol–water partition coefficient (Wildman–Crippen LogP) is 1.80. The van der Waals surface area contributed by atoms with Crippen molar-refractivity contribution in [3.63, 3.8) is 0 Å². The topological polar surface area (TPSA) is 72.3 Å². The number of nitrogens with zero attached hydrogens (tertiary/aromatic N) is 1. The highest BCUT2D eigenvalue weighted by atomic mass is 16.2. The number of benzene rings is 1. The van der Waals surface area contributed by atoms with Gasteiger partial charge in [-0.1, -0.05) is 18.6 Å². The molecule has 2 atom stereocenters. The van der Waals surface area contributed by atoms with E-state index in [9.17, 15) is 4.79 Å². The predicted molar refractivity (Wildman–Crippen MR) is 84.9 cm³/mol. The van der Waals surface area contributed by atoms with Crippen molar-refractivity contribution in [2.24, 2.45) is 23.3 Å². The number of carbonyl (C=O) groups excluding carboxylic acids is 1. The van der Waals surface area contributed by atoms with Gasteiger partial charge >= 0.3 is 0 Å². The molecule has 1 aromatic rings. The third-order valence-electron chi connectivity index (χ3n) is 5.04. The van der Waals surface area contributed by atoms with Gasteiger partial charge in [-0.25, -0.2) is 0 Å². The quantitative estimate of drug-likeness (QED) is 0.890. The van der Waals surface area contributed by atoms with Crippen molar-refractivity contribution in [2.45, 2.75) is 38.6 Å². The Morgan fingerprint density at radius 3 is 2.86 bits per heavy atom. The molecule has 0 unspecified atom stereocenters. The number of aryl methyl sites for hydroxylation is 1. The summed E-state index contributed by atoms with van der Waals surface area (Å²) in [4.78, 5) is 14.9. The lowest BCUT2D eigenvalue weighted by Gasteiger charge is -2.33. The van der Waals surface area contributed by atoms with Crippen LogP contribution in [0.1, 0.15) is 36.8 Å². The zero-order chi connectivity index (χ0) is 14.8. The molecule has 0 bridgehead atoms. The number of amides is 1. The molecule has 3 rings (SSSR count). The van der Waals surface area contributed by atoms with Gasteiger partial charge in [0.05, 0.1) is 0 Å². The van der Waals surface area contributed by atoms with E-state index < -0.39 is 0 Å². The van der Waals surface area contributed by atoms with Crippen LogP contribution < -0.4 is 16.4 Å². The van der Waals surface area contributed by atoms with Gasteiger partial charge in [0.2, 0.25) is 5.91 Å². The van der Waals surface area contributed by atoms with Crippen molar-refractivity contribution in [3.05, 3.63) is 29.3 Å². The van der Waals surface area contributed by atoms with Gasteiger partial charge in [0.15, 0.2) is 0 Å². The van der Waals surface area contributed by atoms with Gasteiger partial charge in [-0.05, 0) is 55.3 Å². The molecule has 4 N–H and O–H groups in total. The molecule has 114 valence electrons. The summed E-state index contributed by atoms with van der Waals surface area (Å²) < 4.78 is 0. The van der Waals surface area contributed by atoms with E-state index in [-0.39, 0.29) is 11.8 Å². The molecule has 4 heteroatoms. The van der Waals surface area contributed by atoms with Crippen molar-refractivity contribution < 1.29 is 4.79 Å². The average molecular weight is 287 g/mol. The van der Waals surface area contributed by atoms with Crippen LogP contribution in [0.3, 0.4) is 0 Å². The van der Waals surface area contributed by atoms with Crippen LogP contribution >= 0.6 is 0 Å². The minimum atomic E-state index is 0.120. The number of hydrogen-bond donors (Lipinski definition) is 2. The maximum atomic E-state index is 12.9. The van der Waals surface area contributed by atoms with Crippen LogP contribution in [-0.2, 0) is 17.8 Å². The standard InChI is InChI=1S/C17H25N3O/c18-10-12-6-7-16-13(9-12)4-2-8-20(16)17(21)15-5-1-3-14(15)11-19/h6-7,9,14-15H,1-5,8,10-11,18-19H2/t14-,15-/m1/s1. The molecular weight excluding hydrogens is 262 g/mol. The highest BCUT2D eigenvalue weighted by Gasteiger charge is 2.36. The second-order valence-corrected chi connectivity index (χ2v) is 6.29. The van der Waals surface area contributed by atoms with Crippen molar-refractivity contribution >= 4 is 11.6 Å². The first-order valence-electron chi connectivity index (χ1n) is 8.08. The van der Waals surface area contributed by atoms with Gasteiger partial charge in [-0.2, -0.15) is 0 Å². The Morgan fingerprint density at radius 2 is 2.10 bits per heavy atom. The minimum absolute atomic E-state index is 0.120. The van der Waals surface area contributed by atoms with E-state index in [2.05, 4.69) is 12.1 Å². The van der Waals surface area contributed by atoms with Crippen LogP contribution in [0.5, 0.6) is 0 Å². The lowest BCUT2D eigenvalue weighted by atomic mass is 9.92. The fourth-order valence-corrected chi connectivity index (χ4v) is 3.85. The van der Waals surface area contributed by atoms with Crippen LogP contribution in [0.4, 0.5) is 5.69 Å². The normalized spacial score (nSPS) is 25.0. The molecule has 1 aromatic carbocycles. The fraction of sp³-hybridized carbons (Fsp3) is 0.588. The van der Waals surface area contributed by atoms with Crippen LogP contribution in [0, 0.1) is 11.8 Å². The third kappa shape index (κ3) is 2.70. The lowest BCUT2D eigenvalue weighted by molar-refractivity contribution is -0.123. The van der Waals surface area contributed by atoms with Crippen molar-refractivity contribution in [3.8, 4) is 0 Å². The van der Waals surface area contributed by atoms with Crippen molar-refractivity contribution in [2.75, 3.05) is 18.0 Å². The maximum absolute atomic E-state index is 12.9. The Balaban J connectivity index is 1.86. The van der Waals surface area contributed by atoms with Crippen LogP contribution in [0.25, 0.3) is 0 Å². The van der Waals surface area contributed by atoms with E-state index in [0.29, 0.717) is 19.0 Å². The van der Waals surface area contributed by atoms with Gasteiger partial charge in [0.25, 0.3) is 0 Å². The summed E-state index contributed by atoms with van der Waals surface area (Å²) in [6.45, 7) is 2.02. The fourth-order valence-electron chi connectivity index (χ4n) is 3.85. The summed E-state index contributed by atoms with van der Waals surface area (Å²) in [6.07, 6.45) is 5.29. The summed E-state index contributed by atoms with van der Waals surface area (Å²) in [7, 11) is 0. The van der Waals surface area contributed by atoms with Crippen LogP contribution in [-0.4, -0.2) is 19.0 Å². The molecule has 21 heavy (non-hydrogen) atoms. The molecule has 0 aromatic heterocycles. The minimum Gasteiger partial charge on any atom is -0.330 e. The van der Waals surface area contributed by atoms with Crippen LogP contribution in [0.15, 0.2) is 18.2 Å². The second-order valence-electron chi connectivity index (χ2n) is 6.29. The number of fused-ring (bicyclic) bond motifs is 1. The lowest BCUT2D eigenvalue weighted by Crippen LogP contribution is -2.41. The van der Waals surface area contributed by atoms with Gasteiger partial charge in [0, 0.05) is 24.7 Å².